The molecule has 2 aromatic carbocycles. The Morgan fingerprint density at radius 1 is 0.943 bits per heavy atom. The van der Waals surface area contributed by atoms with Crippen LogP contribution in [0.15, 0.2) is 82.6 Å². The highest BCUT2D eigenvalue weighted by Crippen LogP contribution is 2.31. The van der Waals surface area contributed by atoms with E-state index in [9.17, 15) is 9.59 Å². The van der Waals surface area contributed by atoms with Crippen molar-refractivity contribution in [2.24, 2.45) is 0 Å². The molecule has 0 aliphatic rings. The Bertz CT molecular complexity index is 1400. The Morgan fingerprint density at radius 2 is 1.69 bits per heavy atom. The summed E-state index contributed by atoms with van der Waals surface area (Å²) in [7, 11) is 0. The van der Waals surface area contributed by atoms with Crippen LogP contribution in [0, 0.1) is 0 Å². The van der Waals surface area contributed by atoms with Crippen molar-refractivity contribution in [3.63, 3.8) is 0 Å². The van der Waals surface area contributed by atoms with Gasteiger partial charge in [0, 0.05) is 28.0 Å². The lowest BCUT2D eigenvalue weighted by Gasteiger charge is -2.09. The Hall–Kier alpha value is -3.43. The molecule has 0 atom stereocenters. The smallest absolute Gasteiger partial charge is 0.265 e. The first kappa shape index (κ1) is 24.7. The van der Waals surface area contributed by atoms with Crippen molar-refractivity contribution in [3.8, 4) is 11.3 Å². The number of carbonyl (C=O) groups is 2. The normalized spacial score (nSPS) is 10.8. The fourth-order valence-electron chi connectivity index (χ4n) is 2.99. The minimum absolute atomic E-state index is 0.128. The molecule has 3 N–H and O–H groups in total. The predicted octanol–water partition coefficient (Wildman–Crippen LogP) is 7.09. The number of anilines is 2. The first-order valence-corrected chi connectivity index (χ1v) is 12.2. The molecule has 0 radical (unpaired) electrons. The number of hydrogen-bond acceptors (Lipinski definition) is 5. The van der Waals surface area contributed by atoms with E-state index in [0.717, 1.165) is 0 Å². The molecule has 176 valence electrons. The molecule has 0 bridgehead atoms. The second kappa shape index (κ2) is 11.3. The van der Waals surface area contributed by atoms with Crippen molar-refractivity contribution in [1.29, 1.82) is 0 Å². The van der Waals surface area contributed by atoms with E-state index >= 15 is 0 Å². The highest BCUT2D eigenvalue weighted by atomic mass is 35.5. The zero-order chi connectivity index (χ0) is 24.8. The molecule has 35 heavy (non-hydrogen) atoms. The maximum absolute atomic E-state index is 12.2. The summed E-state index contributed by atoms with van der Waals surface area (Å²) >= 11 is 18.7. The maximum Gasteiger partial charge on any atom is 0.265 e. The van der Waals surface area contributed by atoms with Crippen LogP contribution in [0.5, 0.6) is 0 Å². The average Bonchev–Trinajstić information content (AvgIpc) is 3.52. The Kier molecular flexibility index (Phi) is 7.99. The van der Waals surface area contributed by atoms with Crippen LogP contribution in [0.2, 0.25) is 10.0 Å². The Labute approximate surface area is 220 Å². The molecule has 0 unspecified atom stereocenters. The molecule has 0 aliphatic carbocycles. The molecule has 2 heterocycles. The molecule has 0 spiro atoms. The standard InChI is InChI=1S/C25H17Cl2N3O3S2/c26-15-3-10-19(20(27)14-15)21-11-8-18(33-21)9-12-23(31)30-25(34)29-17-6-4-16(5-7-17)28-24(32)22-2-1-13-35-22/h1-14H,(H,28,32)(H2,29,30,31,34)/b12-9+. The van der Waals surface area contributed by atoms with Gasteiger partial charge < -0.3 is 15.1 Å². The van der Waals surface area contributed by atoms with Gasteiger partial charge in [-0.15, -0.1) is 11.3 Å². The van der Waals surface area contributed by atoms with Gasteiger partial charge in [0.2, 0.25) is 5.91 Å². The van der Waals surface area contributed by atoms with Gasteiger partial charge in [-0.2, -0.15) is 0 Å². The number of thiocarbonyl (C=S) groups is 1. The number of benzene rings is 2. The lowest BCUT2D eigenvalue weighted by molar-refractivity contribution is -0.115. The van der Waals surface area contributed by atoms with E-state index in [2.05, 4.69) is 16.0 Å². The Morgan fingerprint density at radius 3 is 2.37 bits per heavy atom. The number of thiophene rings is 1. The van der Waals surface area contributed by atoms with E-state index in [1.165, 1.54) is 23.5 Å². The summed E-state index contributed by atoms with van der Waals surface area (Å²) in [6.07, 6.45) is 2.83. The van der Waals surface area contributed by atoms with Crippen molar-refractivity contribution < 1.29 is 14.0 Å². The van der Waals surface area contributed by atoms with Gasteiger partial charge in [0.05, 0.1) is 9.90 Å². The van der Waals surface area contributed by atoms with Crippen molar-refractivity contribution in [2.45, 2.75) is 0 Å². The number of furan rings is 1. The van der Waals surface area contributed by atoms with Gasteiger partial charge in [0.1, 0.15) is 11.5 Å². The molecular formula is C25H17Cl2N3O3S2. The number of amides is 2. The van der Waals surface area contributed by atoms with Crippen LogP contribution in [0.3, 0.4) is 0 Å². The van der Waals surface area contributed by atoms with Crippen molar-refractivity contribution in [3.05, 3.63) is 98.9 Å². The molecule has 6 nitrogen and oxygen atoms in total. The summed E-state index contributed by atoms with van der Waals surface area (Å²) in [5, 5.41) is 11.3. The van der Waals surface area contributed by atoms with Gasteiger partial charge in [0.15, 0.2) is 5.11 Å². The van der Waals surface area contributed by atoms with Crippen LogP contribution < -0.4 is 16.0 Å². The van der Waals surface area contributed by atoms with Crippen LogP contribution in [-0.2, 0) is 4.79 Å². The third kappa shape index (κ3) is 6.80. The molecule has 4 rings (SSSR count). The quantitative estimate of drug-likeness (QED) is 0.179. The Balaban J connectivity index is 1.28. The topological polar surface area (TPSA) is 83.4 Å². The van der Waals surface area contributed by atoms with E-state index in [-0.39, 0.29) is 11.0 Å². The van der Waals surface area contributed by atoms with Gasteiger partial charge in [-0.05, 0) is 84.3 Å². The van der Waals surface area contributed by atoms with Crippen LogP contribution in [0.1, 0.15) is 15.4 Å². The number of carbonyl (C=O) groups excluding carboxylic acids is 2. The van der Waals surface area contributed by atoms with Gasteiger partial charge in [-0.1, -0.05) is 29.3 Å². The first-order chi connectivity index (χ1) is 16.9. The van der Waals surface area contributed by atoms with E-state index in [0.29, 0.717) is 43.4 Å². The van der Waals surface area contributed by atoms with Crippen molar-refractivity contribution in [2.75, 3.05) is 10.6 Å². The molecule has 0 saturated heterocycles. The lowest BCUT2D eigenvalue weighted by atomic mass is 10.2. The molecule has 2 amide bonds. The van der Waals surface area contributed by atoms with Gasteiger partial charge in [-0.25, -0.2) is 0 Å². The molecule has 0 saturated carbocycles. The van der Waals surface area contributed by atoms with Crippen molar-refractivity contribution in [1.82, 2.24) is 5.32 Å². The molecule has 0 fully saturated rings. The molecule has 4 aromatic rings. The fraction of sp³-hybridized carbons (Fsp3) is 0. The summed E-state index contributed by atoms with van der Waals surface area (Å²) < 4.78 is 5.73. The summed E-state index contributed by atoms with van der Waals surface area (Å²) in [6.45, 7) is 0. The summed E-state index contributed by atoms with van der Waals surface area (Å²) in [4.78, 5) is 25.0. The van der Waals surface area contributed by atoms with E-state index < -0.39 is 5.91 Å². The summed E-state index contributed by atoms with van der Waals surface area (Å²) in [6, 6.07) is 19.1. The number of rotatable bonds is 6. The van der Waals surface area contributed by atoms with E-state index in [4.69, 9.17) is 39.8 Å². The van der Waals surface area contributed by atoms with Crippen LogP contribution in [-0.4, -0.2) is 16.9 Å². The maximum atomic E-state index is 12.2. The average molecular weight is 542 g/mol. The molecular weight excluding hydrogens is 525 g/mol. The highest BCUT2D eigenvalue weighted by molar-refractivity contribution is 7.80. The van der Waals surface area contributed by atoms with Gasteiger partial charge in [-0.3, -0.25) is 14.9 Å². The van der Waals surface area contributed by atoms with E-state index in [1.54, 1.807) is 60.7 Å². The first-order valence-electron chi connectivity index (χ1n) is 10.2. The summed E-state index contributed by atoms with van der Waals surface area (Å²) in [5.41, 5.74) is 2.00. The third-order valence-corrected chi connectivity index (χ3v) is 6.23. The monoisotopic (exact) mass is 541 g/mol. The SMILES string of the molecule is O=C(/C=C/c1ccc(-c2ccc(Cl)cc2Cl)o1)NC(=S)Nc1ccc(NC(=O)c2cccs2)cc1. The van der Waals surface area contributed by atoms with Crippen molar-refractivity contribution >= 4 is 81.1 Å². The van der Waals surface area contributed by atoms with Crippen LogP contribution in [0.25, 0.3) is 17.4 Å². The highest BCUT2D eigenvalue weighted by Gasteiger charge is 2.09. The van der Waals surface area contributed by atoms with Gasteiger partial charge in [0.25, 0.3) is 5.91 Å². The number of nitrogens with one attached hydrogen (secondary N) is 3. The fourth-order valence-corrected chi connectivity index (χ4v) is 4.33. The minimum atomic E-state index is -0.426. The molecule has 0 aliphatic heterocycles. The summed E-state index contributed by atoms with van der Waals surface area (Å²) in [5.74, 6) is 0.430. The molecule has 10 heteroatoms. The van der Waals surface area contributed by atoms with Crippen LogP contribution in [0.4, 0.5) is 11.4 Å². The van der Waals surface area contributed by atoms with E-state index in [1.807, 2.05) is 11.4 Å². The zero-order valence-electron chi connectivity index (χ0n) is 17.9. The number of halogens is 2. The predicted molar refractivity (Wildman–Crippen MR) is 146 cm³/mol. The van der Waals surface area contributed by atoms with Gasteiger partial charge >= 0.3 is 0 Å². The minimum Gasteiger partial charge on any atom is -0.457 e. The number of hydrogen-bond donors (Lipinski definition) is 3. The largest absolute Gasteiger partial charge is 0.457 e. The third-order valence-electron chi connectivity index (χ3n) is 4.60. The lowest BCUT2D eigenvalue weighted by Crippen LogP contribution is -2.32. The molecule has 2 aromatic heterocycles. The zero-order valence-corrected chi connectivity index (χ0v) is 21.0. The second-order valence-corrected chi connectivity index (χ2v) is 9.31. The van der Waals surface area contributed by atoms with Crippen LogP contribution >= 0.6 is 46.8 Å². The second-order valence-electron chi connectivity index (χ2n) is 7.11.